The average molecular weight is 383 g/mol. The van der Waals surface area contributed by atoms with Crippen LogP contribution in [0.15, 0.2) is 27.2 Å². The van der Waals surface area contributed by atoms with Crippen molar-refractivity contribution in [2.24, 2.45) is 5.92 Å². The highest BCUT2D eigenvalue weighted by Gasteiger charge is 2.11. The Hall–Kier alpha value is -2.07. The summed E-state index contributed by atoms with van der Waals surface area (Å²) < 4.78 is 5.87. The molecule has 10 heteroatoms. The maximum atomic E-state index is 11.7. The zero-order chi connectivity index (χ0) is 18.1. The summed E-state index contributed by atoms with van der Waals surface area (Å²) in [6, 6.07) is 3.21. The van der Waals surface area contributed by atoms with Crippen LogP contribution < -0.4 is 16.0 Å². The van der Waals surface area contributed by atoms with E-state index >= 15 is 0 Å². The lowest BCUT2D eigenvalue weighted by Crippen LogP contribution is -2.40. The summed E-state index contributed by atoms with van der Waals surface area (Å²) in [7, 11) is 0. The van der Waals surface area contributed by atoms with E-state index in [2.05, 4.69) is 40.0 Å². The molecule has 0 atom stereocenters. The molecule has 3 amide bonds. The molecule has 0 aliphatic rings. The van der Waals surface area contributed by atoms with Crippen LogP contribution in [0.25, 0.3) is 0 Å². The minimum atomic E-state index is -0.468. The van der Waals surface area contributed by atoms with Gasteiger partial charge in [0.15, 0.2) is 4.34 Å². The van der Waals surface area contributed by atoms with Crippen LogP contribution in [0.5, 0.6) is 0 Å². The van der Waals surface area contributed by atoms with Gasteiger partial charge in [-0.1, -0.05) is 36.9 Å². The van der Waals surface area contributed by atoms with Crippen LogP contribution in [0.4, 0.5) is 9.93 Å². The number of rotatable bonds is 9. The number of anilines is 1. The van der Waals surface area contributed by atoms with Crippen LogP contribution in [0.1, 0.15) is 26.0 Å². The van der Waals surface area contributed by atoms with E-state index in [9.17, 15) is 9.59 Å². The third-order valence-corrected chi connectivity index (χ3v) is 5.00. The quantitative estimate of drug-likeness (QED) is 0.571. The van der Waals surface area contributed by atoms with E-state index < -0.39 is 6.03 Å². The smallest absolute Gasteiger partial charge is 0.321 e. The van der Waals surface area contributed by atoms with Crippen molar-refractivity contribution in [2.45, 2.75) is 31.2 Å². The fraction of sp³-hybridized carbons (Fsp3) is 0.467. The highest BCUT2D eigenvalue weighted by molar-refractivity contribution is 8.01. The number of nitrogens with one attached hydrogen (secondary N) is 3. The molecule has 0 saturated carbocycles. The summed E-state index contributed by atoms with van der Waals surface area (Å²) in [5.74, 6) is 1.03. The van der Waals surface area contributed by atoms with Crippen LogP contribution in [0, 0.1) is 5.92 Å². The lowest BCUT2D eigenvalue weighted by molar-refractivity contribution is -0.117. The van der Waals surface area contributed by atoms with Crippen LogP contribution >= 0.6 is 23.1 Å². The molecule has 0 aliphatic carbocycles. The zero-order valence-corrected chi connectivity index (χ0v) is 15.7. The first-order chi connectivity index (χ1) is 12.0. The molecule has 2 aromatic heterocycles. The van der Waals surface area contributed by atoms with Gasteiger partial charge in [0.25, 0.3) is 0 Å². The van der Waals surface area contributed by atoms with E-state index in [4.69, 9.17) is 4.42 Å². The Kier molecular flexibility index (Phi) is 7.74. The Morgan fingerprint density at radius 1 is 1.36 bits per heavy atom. The predicted molar refractivity (Wildman–Crippen MR) is 97.7 cm³/mol. The Morgan fingerprint density at radius 2 is 2.20 bits per heavy atom. The van der Waals surface area contributed by atoms with Crippen molar-refractivity contribution in [3.63, 3.8) is 0 Å². The normalized spacial score (nSPS) is 10.7. The molecule has 0 unspecified atom stereocenters. The minimum absolute atomic E-state index is 0.102. The van der Waals surface area contributed by atoms with Crippen LogP contribution in [0.2, 0.25) is 0 Å². The lowest BCUT2D eigenvalue weighted by Gasteiger charge is -2.07. The van der Waals surface area contributed by atoms with Gasteiger partial charge in [-0.05, 0) is 24.5 Å². The zero-order valence-electron chi connectivity index (χ0n) is 14.1. The summed E-state index contributed by atoms with van der Waals surface area (Å²) >= 11 is 2.57. The van der Waals surface area contributed by atoms with Crippen molar-refractivity contribution in [1.82, 2.24) is 20.8 Å². The fourth-order valence-electron chi connectivity index (χ4n) is 1.72. The van der Waals surface area contributed by atoms with Gasteiger partial charge in [0, 0.05) is 6.54 Å². The van der Waals surface area contributed by atoms with Crippen LogP contribution in [-0.2, 0) is 11.3 Å². The molecule has 0 spiro atoms. The average Bonchev–Trinajstić information content (AvgIpc) is 3.22. The van der Waals surface area contributed by atoms with E-state index in [1.165, 1.54) is 23.1 Å². The third kappa shape index (κ3) is 7.57. The molecule has 3 N–H and O–H groups in total. The van der Waals surface area contributed by atoms with Gasteiger partial charge in [-0.2, -0.15) is 0 Å². The van der Waals surface area contributed by atoms with Gasteiger partial charge in [-0.25, -0.2) is 4.79 Å². The van der Waals surface area contributed by atoms with Gasteiger partial charge in [-0.15, -0.1) is 10.2 Å². The molecule has 2 heterocycles. The van der Waals surface area contributed by atoms with Gasteiger partial charge in [0.1, 0.15) is 5.76 Å². The number of carbonyl (C=O) groups is 2. The molecule has 0 aliphatic heterocycles. The summed E-state index contributed by atoms with van der Waals surface area (Å²) in [5.41, 5.74) is 0. The number of amides is 3. The van der Waals surface area contributed by atoms with Gasteiger partial charge >= 0.3 is 6.03 Å². The SMILES string of the molecule is CC(C)CCNC(=O)NC(=O)CSc1nnc(NCc2ccco2)s1. The monoisotopic (exact) mass is 383 g/mol. The molecule has 8 nitrogen and oxygen atoms in total. The molecule has 0 bridgehead atoms. The van der Waals surface area contributed by atoms with Crippen molar-refractivity contribution in [1.29, 1.82) is 0 Å². The van der Waals surface area contributed by atoms with E-state index in [-0.39, 0.29) is 11.7 Å². The number of imide groups is 1. The summed E-state index contributed by atoms with van der Waals surface area (Å²) in [6.45, 7) is 5.21. The van der Waals surface area contributed by atoms with Gasteiger partial charge in [0.05, 0.1) is 18.6 Å². The number of thioether (sulfide) groups is 1. The summed E-state index contributed by atoms with van der Waals surface area (Å²) in [4.78, 5) is 23.3. The Labute approximate surface area is 154 Å². The number of urea groups is 1. The molecule has 2 rings (SSSR count). The first-order valence-electron chi connectivity index (χ1n) is 7.83. The standard InChI is InChI=1S/C15H21N5O3S2/c1-10(2)5-6-16-13(22)18-12(21)9-24-15-20-19-14(25-15)17-8-11-4-3-7-23-11/h3-4,7,10H,5-6,8-9H2,1-2H3,(H,17,19)(H2,16,18,21,22). The molecule has 0 radical (unpaired) electrons. The number of furan rings is 1. The second-order valence-corrected chi connectivity index (χ2v) is 7.78. The van der Waals surface area contributed by atoms with E-state index in [0.29, 0.717) is 28.5 Å². The van der Waals surface area contributed by atoms with Crippen molar-refractivity contribution >= 4 is 40.2 Å². The van der Waals surface area contributed by atoms with E-state index in [1.54, 1.807) is 6.26 Å². The highest BCUT2D eigenvalue weighted by atomic mass is 32.2. The second kappa shape index (κ2) is 10.0. The Bertz CT molecular complexity index is 673. The van der Waals surface area contributed by atoms with E-state index in [0.717, 1.165) is 12.2 Å². The molecule has 0 saturated heterocycles. The first kappa shape index (κ1) is 19.3. The maximum Gasteiger partial charge on any atom is 0.321 e. The number of nitrogens with zero attached hydrogens (tertiary/aromatic N) is 2. The van der Waals surface area contributed by atoms with Crippen molar-refractivity contribution < 1.29 is 14.0 Å². The summed E-state index contributed by atoms with van der Waals surface area (Å²) in [6.07, 6.45) is 2.48. The van der Waals surface area contributed by atoms with Crippen molar-refractivity contribution in [2.75, 3.05) is 17.6 Å². The largest absolute Gasteiger partial charge is 0.467 e. The molecule has 0 aromatic carbocycles. The summed E-state index contributed by atoms with van der Waals surface area (Å²) in [5, 5.41) is 16.7. The van der Waals surface area contributed by atoms with Gasteiger partial charge in [-0.3, -0.25) is 10.1 Å². The van der Waals surface area contributed by atoms with Gasteiger partial charge < -0.3 is 15.1 Å². The molecule has 2 aromatic rings. The number of hydrogen-bond acceptors (Lipinski definition) is 8. The molecule has 0 fully saturated rings. The van der Waals surface area contributed by atoms with Crippen molar-refractivity contribution in [3.8, 4) is 0 Å². The van der Waals surface area contributed by atoms with E-state index in [1.807, 2.05) is 12.1 Å². The lowest BCUT2D eigenvalue weighted by atomic mass is 10.1. The fourth-order valence-corrected chi connectivity index (χ4v) is 3.27. The molecular weight excluding hydrogens is 362 g/mol. The second-order valence-electron chi connectivity index (χ2n) is 5.58. The Balaban J connectivity index is 1.65. The first-order valence-corrected chi connectivity index (χ1v) is 9.63. The Morgan fingerprint density at radius 3 is 2.92 bits per heavy atom. The topological polar surface area (TPSA) is 109 Å². The number of hydrogen-bond donors (Lipinski definition) is 3. The van der Waals surface area contributed by atoms with Crippen LogP contribution in [-0.4, -0.2) is 34.4 Å². The van der Waals surface area contributed by atoms with Gasteiger partial charge in [0.2, 0.25) is 11.0 Å². The molecule has 136 valence electrons. The highest BCUT2D eigenvalue weighted by Crippen LogP contribution is 2.25. The van der Waals surface area contributed by atoms with Crippen molar-refractivity contribution in [3.05, 3.63) is 24.2 Å². The number of aromatic nitrogens is 2. The molecule has 25 heavy (non-hydrogen) atoms. The third-order valence-electron chi connectivity index (χ3n) is 2.99. The molecular formula is C15H21N5O3S2. The minimum Gasteiger partial charge on any atom is -0.467 e. The van der Waals surface area contributed by atoms with Crippen LogP contribution in [0.3, 0.4) is 0 Å². The number of carbonyl (C=O) groups excluding carboxylic acids is 2. The maximum absolute atomic E-state index is 11.7. The predicted octanol–water partition coefficient (Wildman–Crippen LogP) is 2.71.